The summed E-state index contributed by atoms with van der Waals surface area (Å²) in [5.41, 5.74) is 0. The number of methoxy groups -OCH3 is 1. The molecule has 1 amide bonds. The van der Waals surface area contributed by atoms with E-state index in [0.717, 1.165) is 25.9 Å². The van der Waals surface area contributed by atoms with Crippen molar-refractivity contribution in [2.45, 2.75) is 25.8 Å². The second-order valence-electron chi connectivity index (χ2n) is 3.80. The molecule has 0 aromatic carbocycles. The molecule has 1 saturated heterocycles. The zero-order valence-electron chi connectivity index (χ0n) is 9.01. The second kappa shape index (κ2) is 5.98. The molecule has 1 heterocycles. The lowest BCUT2D eigenvalue weighted by molar-refractivity contribution is -0.127. The molecule has 82 valence electrons. The molecule has 0 radical (unpaired) electrons. The highest BCUT2D eigenvalue weighted by atomic mass is 16.5. The standard InChI is InChI=1S/C10H20N2O2/c1-3-4-9(7-14-2)12-10(13)8-5-11-6-8/h8-9,11H,3-7H2,1-2H3,(H,12,13). The van der Waals surface area contributed by atoms with E-state index in [1.54, 1.807) is 7.11 Å². The first-order valence-electron chi connectivity index (χ1n) is 5.28. The first kappa shape index (κ1) is 11.5. The summed E-state index contributed by atoms with van der Waals surface area (Å²) in [5, 5.41) is 6.10. The molecule has 1 unspecified atom stereocenters. The lowest BCUT2D eigenvalue weighted by atomic mass is 10.0. The number of hydrogen-bond donors (Lipinski definition) is 2. The third-order valence-corrected chi connectivity index (χ3v) is 2.50. The zero-order valence-corrected chi connectivity index (χ0v) is 9.01. The number of nitrogens with one attached hydrogen (secondary N) is 2. The maximum Gasteiger partial charge on any atom is 0.225 e. The van der Waals surface area contributed by atoms with Gasteiger partial charge in [-0.25, -0.2) is 0 Å². The van der Waals surface area contributed by atoms with Crippen molar-refractivity contribution in [1.29, 1.82) is 0 Å². The molecule has 0 aliphatic carbocycles. The van der Waals surface area contributed by atoms with Gasteiger partial charge in [0, 0.05) is 20.2 Å². The topological polar surface area (TPSA) is 50.4 Å². The molecule has 1 aliphatic heterocycles. The van der Waals surface area contributed by atoms with Crippen LogP contribution in [0.1, 0.15) is 19.8 Å². The number of ether oxygens (including phenoxy) is 1. The SMILES string of the molecule is CCCC(COC)NC(=O)C1CNC1. The lowest BCUT2D eigenvalue weighted by Gasteiger charge is -2.28. The second-order valence-corrected chi connectivity index (χ2v) is 3.80. The summed E-state index contributed by atoms with van der Waals surface area (Å²) in [7, 11) is 1.67. The van der Waals surface area contributed by atoms with Crippen molar-refractivity contribution in [3.63, 3.8) is 0 Å². The summed E-state index contributed by atoms with van der Waals surface area (Å²) in [6.45, 7) is 4.36. The zero-order chi connectivity index (χ0) is 10.4. The summed E-state index contributed by atoms with van der Waals surface area (Å²) in [6.07, 6.45) is 2.05. The first-order valence-corrected chi connectivity index (χ1v) is 5.28. The van der Waals surface area contributed by atoms with Crippen LogP contribution in [0.4, 0.5) is 0 Å². The minimum absolute atomic E-state index is 0.166. The van der Waals surface area contributed by atoms with Gasteiger partial charge in [-0.1, -0.05) is 13.3 Å². The molecule has 0 aromatic rings. The van der Waals surface area contributed by atoms with E-state index in [4.69, 9.17) is 4.74 Å². The van der Waals surface area contributed by atoms with Crippen molar-refractivity contribution in [1.82, 2.24) is 10.6 Å². The minimum Gasteiger partial charge on any atom is -0.383 e. The fourth-order valence-electron chi connectivity index (χ4n) is 1.54. The highest BCUT2D eigenvalue weighted by Gasteiger charge is 2.26. The summed E-state index contributed by atoms with van der Waals surface area (Å²) in [6, 6.07) is 0.179. The van der Waals surface area contributed by atoms with Gasteiger partial charge in [-0.15, -0.1) is 0 Å². The van der Waals surface area contributed by atoms with E-state index in [1.165, 1.54) is 0 Å². The third-order valence-electron chi connectivity index (χ3n) is 2.50. The van der Waals surface area contributed by atoms with Crippen molar-refractivity contribution in [3.8, 4) is 0 Å². The lowest BCUT2D eigenvalue weighted by Crippen LogP contribution is -2.53. The molecule has 14 heavy (non-hydrogen) atoms. The van der Waals surface area contributed by atoms with Crippen LogP contribution in [-0.4, -0.2) is 38.8 Å². The van der Waals surface area contributed by atoms with Gasteiger partial charge < -0.3 is 15.4 Å². The average molecular weight is 200 g/mol. The molecule has 4 nitrogen and oxygen atoms in total. The molecule has 1 fully saturated rings. The van der Waals surface area contributed by atoms with Gasteiger partial charge in [0.05, 0.1) is 18.6 Å². The van der Waals surface area contributed by atoms with Gasteiger partial charge in [0.15, 0.2) is 0 Å². The summed E-state index contributed by atoms with van der Waals surface area (Å²) >= 11 is 0. The predicted octanol–water partition coefficient (Wildman–Crippen LogP) is 0.137. The largest absolute Gasteiger partial charge is 0.383 e. The Morgan fingerprint density at radius 1 is 1.64 bits per heavy atom. The summed E-state index contributed by atoms with van der Waals surface area (Å²) < 4.78 is 5.06. The Labute approximate surface area is 85.4 Å². The van der Waals surface area contributed by atoms with E-state index in [-0.39, 0.29) is 17.9 Å². The van der Waals surface area contributed by atoms with Crippen LogP contribution in [0, 0.1) is 5.92 Å². The molecule has 0 saturated carbocycles. The van der Waals surface area contributed by atoms with Gasteiger partial charge in [-0.05, 0) is 6.42 Å². The maximum absolute atomic E-state index is 11.6. The maximum atomic E-state index is 11.6. The average Bonchev–Trinajstić information content (AvgIpc) is 2.01. The fraction of sp³-hybridized carbons (Fsp3) is 0.900. The highest BCUT2D eigenvalue weighted by molar-refractivity contribution is 5.80. The molecule has 0 spiro atoms. The highest BCUT2D eigenvalue weighted by Crippen LogP contribution is 2.05. The molecule has 2 N–H and O–H groups in total. The Balaban J connectivity index is 2.25. The van der Waals surface area contributed by atoms with E-state index in [0.29, 0.717) is 6.61 Å². The minimum atomic E-state index is 0.166. The molecule has 4 heteroatoms. The van der Waals surface area contributed by atoms with Crippen LogP contribution < -0.4 is 10.6 Å². The van der Waals surface area contributed by atoms with Crippen molar-refractivity contribution in [2.24, 2.45) is 5.92 Å². The Hall–Kier alpha value is -0.610. The normalized spacial score (nSPS) is 18.7. The van der Waals surface area contributed by atoms with Gasteiger partial charge in [-0.3, -0.25) is 4.79 Å². The number of rotatable bonds is 6. The van der Waals surface area contributed by atoms with E-state index < -0.39 is 0 Å². The molecule has 1 aliphatic rings. The molecule has 0 bridgehead atoms. The van der Waals surface area contributed by atoms with E-state index >= 15 is 0 Å². The van der Waals surface area contributed by atoms with E-state index in [1.807, 2.05) is 0 Å². The Morgan fingerprint density at radius 2 is 2.36 bits per heavy atom. The van der Waals surface area contributed by atoms with E-state index in [2.05, 4.69) is 17.6 Å². The predicted molar refractivity (Wildman–Crippen MR) is 55.1 cm³/mol. The van der Waals surface area contributed by atoms with Crippen LogP contribution in [-0.2, 0) is 9.53 Å². The van der Waals surface area contributed by atoms with Gasteiger partial charge >= 0.3 is 0 Å². The Kier molecular flexibility index (Phi) is 4.90. The number of amides is 1. The van der Waals surface area contributed by atoms with Crippen molar-refractivity contribution in [2.75, 3.05) is 26.8 Å². The van der Waals surface area contributed by atoms with Crippen LogP contribution in [0.3, 0.4) is 0 Å². The number of hydrogen-bond acceptors (Lipinski definition) is 3. The monoisotopic (exact) mass is 200 g/mol. The molecule has 0 aromatic heterocycles. The molecule has 1 rings (SSSR count). The number of carbonyl (C=O) groups excluding carboxylic acids is 1. The van der Waals surface area contributed by atoms with Crippen LogP contribution in [0.5, 0.6) is 0 Å². The van der Waals surface area contributed by atoms with Gasteiger partial charge in [0.1, 0.15) is 0 Å². The Morgan fingerprint density at radius 3 is 2.79 bits per heavy atom. The van der Waals surface area contributed by atoms with Crippen LogP contribution in [0.2, 0.25) is 0 Å². The summed E-state index contributed by atoms with van der Waals surface area (Å²) in [5.74, 6) is 0.338. The van der Waals surface area contributed by atoms with Gasteiger partial charge in [-0.2, -0.15) is 0 Å². The van der Waals surface area contributed by atoms with Crippen molar-refractivity contribution >= 4 is 5.91 Å². The van der Waals surface area contributed by atoms with Gasteiger partial charge in [0.25, 0.3) is 0 Å². The quantitative estimate of drug-likeness (QED) is 0.641. The van der Waals surface area contributed by atoms with Crippen LogP contribution >= 0.6 is 0 Å². The molecular formula is C10H20N2O2. The molecular weight excluding hydrogens is 180 g/mol. The fourth-order valence-corrected chi connectivity index (χ4v) is 1.54. The molecule has 1 atom stereocenters. The van der Waals surface area contributed by atoms with Crippen LogP contribution in [0.25, 0.3) is 0 Å². The first-order chi connectivity index (χ1) is 6.77. The van der Waals surface area contributed by atoms with E-state index in [9.17, 15) is 4.79 Å². The van der Waals surface area contributed by atoms with Crippen molar-refractivity contribution < 1.29 is 9.53 Å². The van der Waals surface area contributed by atoms with Crippen molar-refractivity contribution in [3.05, 3.63) is 0 Å². The summed E-state index contributed by atoms with van der Waals surface area (Å²) in [4.78, 5) is 11.6. The smallest absolute Gasteiger partial charge is 0.225 e. The third kappa shape index (κ3) is 3.27. The Bertz CT molecular complexity index is 175. The number of carbonyl (C=O) groups is 1. The van der Waals surface area contributed by atoms with Gasteiger partial charge in [0.2, 0.25) is 5.91 Å². The van der Waals surface area contributed by atoms with Crippen LogP contribution in [0.15, 0.2) is 0 Å².